The summed E-state index contributed by atoms with van der Waals surface area (Å²) in [5, 5.41) is 1.98. The van der Waals surface area contributed by atoms with Crippen LogP contribution < -0.4 is 0 Å². The first-order valence-corrected chi connectivity index (χ1v) is 7.31. The first kappa shape index (κ1) is 12.1. The van der Waals surface area contributed by atoms with E-state index in [0.29, 0.717) is 10.7 Å². The quantitative estimate of drug-likeness (QED) is 0.785. The fraction of sp³-hybridized carbons (Fsp3) is 0.583. The van der Waals surface area contributed by atoms with Crippen LogP contribution in [-0.2, 0) is 0 Å². The Bertz CT molecular complexity index is 384. The number of alkyl halides is 1. The Labute approximate surface area is 109 Å². The summed E-state index contributed by atoms with van der Waals surface area (Å²) in [6.45, 7) is 2.88. The van der Waals surface area contributed by atoms with Gasteiger partial charge in [0.1, 0.15) is 0 Å². The van der Waals surface area contributed by atoms with Crippen molar-refractivity contribution in [2.75, 3.05) is 13.6 Å². The van der Waals surface area contributed by atoms with Gasteiger partial charge in [-0.1, -0.05) is 15.9 Å². The number of thiophene rings is 1. The van der Waals surface area contributed by atoms with Gasteiger partial charge < -0.3 is 4.90 Å². The molecule has 1 aliphatic carbocycles. The van der Waals surface area contributed by atoms with Crippen molar-refractivity contribution in [3.63, 3.8) is 0 Å². The van der Waals surface area contributed by atoms with Crippen LogP contribution in [0.2, 0.25) is 0 Å². The van der Waals surface area contributed by atoms with Gasteiger partial charge in [0.05, 0.1) is 4.88 Å². The van der Waals surface area contributed by atoms with Crippen molar-refractivity contribution in [2.24, 2.45) is 5.92 Å². The Morgan fingerprint density at radius 1 is 1.62 bits per heavy atom. The Kier molecular flexibility index (Phi) is 3.70. The van der Waals surface area contributed by atoms with Gasteiger partial charge in [-0.3, -0.25) is 4.79 Å². The second-order valence-corrected chi connectivity index (χ2v) is 6.76. The molecule has 2 rings (SSSR count). The van der Waals surface area contributed by atoms with Gasteiger partial charge in [-0.05, 0) is 42.7 Å². The average Bonchev–Trinajstić information content (AvgIpc) is 2.61. The van der Waals surface area contributed by atoms with E-state index < -0.39 is 0 Å². The molecule has 16 heavy (non-hydrogen) atoms. The monoisotopic (exact) mass is 301 g/mol. The number of amides is 1. The minimum atomic E-state index is 0.172. The van der Waals surface area contributed by atoms with Gasteiger partial charge in [-0.15, -0.1) is 11.3 Å². The van der Waals surface area contributed by atoms with Crippen molar-refractivity contribution in [2.45, 2.75) is 24.6 Å². The lowest BCUT2D eigenvalue weighted by Crippen LogP contribution is -2.37. The molecule has 0 saturated heterocycles. The van der Waals surface area contributed by atoms with Crippen LogP contribution in [0.5, 0.6) is 0 Å². The van der Waals surface area contributed by atoms with Crippen LogP contribution in [0, 0.1) is 12.8 Å². The maximum atomic E-state index is 12.1. The van der Waals surface area contributed by atoms with Crippen molar-refractivity contribution >= 4 is 33.2 Å². The summed E-state index contributed by atoms with van der Waals surface area (Å²) in [6.07, 6.45) is 2.39. The summed E-state index contributed by atoms with van der Waals surface area (Å²) in [6, 6.07) is 2.00. The van der Waals surface area contributed by atoms with E-state index in [0.717, 1.165) is 17.0 Å². The van der Waals surface area contributed by atoms with Crippen LogP contribution in [0.1, 0.15) is 28.1 Å². The lowest BCUT2D eigenvalue weighted by Gasteiger charge is -2.34. The zero-order valence-corrected chi connectivity index (χ0v) is 12.0. The number of hydrogen-bond acceptors (Lipinski definition) is 2. The molecule has 0 aliphatic heterocycles. The molecule has 1 aliphatic rings. The van der Waals surface area contributed by atoms with Crippen molar-refractivity contribution in [1.82, 2.24) is 4.90 Å². The van der Waals surface area contributed by atoms with Crippen molar-refractivity contribution in [3.8, 4) is 0 Å². The second kappa shape index (κ2) is 4.88. The SMILES string of the molecule is Cc1ccsc1C(=O)N(C)CC1CC(Br)C1. The highest BCUT2D eigenvalue weighted by Gasteiger charge is 2.29. The highest BCUT2D eigenvalue weighted by atomic mass is 79.9. The van der Waals surface area contributed by atoms with Gasteiger partial charge in [-0.2, -0.15) is 0 Å². The molecule has 1 aromatic rings. The Hall–Kier alpha value is -0.350. The van der Waals surface area contributed by atoms with Gasteiger partial charge in [-0.25, -0.2) is 0 Å². The minimum Gasteiger partial charge on any atom is -0.341 e. The van der Waals surface area contributed by atoms with Gasteiger partial charge in [0.25, 0.3) is 5.91 Å². The summed E-state index contributed by atoms with van der Waals surface area (Å²) in [4.78, 5) is 15.5. The van der Waals surface area contributed by atoms with E-state index in [4.69, 9.17) is 0 Å². The molecule has 1 fully saturated rings. The number of carbonyl (C=O) groups is 1. The number of rotatable bonds is 3. The maximum absolute atomic E-state index is 12.1. The molecular weight excluding hydrogens is 286 g/mol. The molecule has 4 heteroatoms. The Morgan fingerprint density at radius 3 is 2.81 bits per heavy atom. The molecule has 0 aromatic carbocycles. The highest BCUT2D eigenvalue weighted by molar-refractivity contribution is 9.09. The van der Waals surface area contributed by atoms with Crippen molar-refractivity contribution in [1.29, 1.82) is 0 Å². The molecule has 0 unspecified atom stereocenters. The first-order chi connectivity index (χ1) is 7.58. The summed E-state index contributed by atoms with van der Waals surface area (Å²) in [7, 11) is 1.91. The number of hydrogen-bond donors (Lipinski definition) is 0. The van der Waals surface area contributed by atoms with E-state index in [1.54, 1.807) is 0 Å². The van der Waals surface area contributed by atoms with Crippen LogP contribution in [0.3, 0.4) is 0 Å². The number of nitrogens with zero attached hydrogens (tertiary/aromatic N) is 1. The fourth-order valence-corrected chi connectivity index (χ4v) is 4.01. The molecule has 0 spiro atoms. The summed E-state index contributed by atoms with van der Waals surface area (Å²) in [5.74, 6) is 0.851. The Morgan fingerprint density at radius 2 is 2.31 bits per heavy atom. The Balaban J connectivity index is 1.92. The molecule has 0 radical (unpaired) electrons. The largest absolute Gasteiger partial charge is 0.341 e. The normalized spacial score (nSPS) is 23.9. The maximum Gasteiger partial charge on any atom is 0.263 e. The lowest BCUT2D eigenvalue weighted by molar-refractivity contribution is 0.0753. The standard InChI is InChI=1S/C12H16BrNOS/c1-8-3-4-16-11(8)12(15)14(2)7-9-5-10(13)6-9/h3-4,9-10H,5-7H2,1-2H3. The zero-order valence-electron chi connectivity index (χ0n) is 9.57. The molecular formula is C12H16BrNOS. The van der Waals surface area contributed by atoms with E-state index in [1.807, 2.05) is 30.3 Å². The third-order valence-corrected chi connectivity index (χ3v) is 4.87. The van der Waals surface area contributed by atoms with Gasteiger partial charge >= 0.3 is 0 Å². The predicted molar refractivity (Wildman–Crippen MR) is 71.5 cm³/mol. The smallest absolute Gasteiger partial charge is 0.263 e. The predicted octanol–water partition coefficient (Wildman–Crippen LogP) is 3.30. The lowest BCUT2D eigenvalue weighted by atomic mass is 9.85. The minimum absolute atomic E-state index is 0.172. The third kappa shape index (κ3) is 2.48. The van der Waals surface area contributed by atoms with Crippen molar-refractivity contribution < 1.29 is 4.79 Å². The summed E-state index contributed by atoms with van der Waals surface area (Å²) < 4.78 is 0. The van der Waals surface area contributed by atoms with E-state index in [9.17, 15) is 4.79 Å². The van der Waals surface area contributed by atoms with E-state index >= 15 is 0 Å². The third-order valence-electron chi connectivity index (χ3n) is 3.11. The van der Waals surface area contributed by atoms with Crippen LogP contribution in [0.25, 0.3) is 0 Å². The van der Waals surface area contributed by atoms with Crippen LogP contribution >= 0.6 is 27.3 Å². The molecule has 0 bridgehead atoms. The van der Waals surface area contributed by atoms with Crippen molar-refractivity contribution in [3.05, 3.63) is 21.9 Å². The second-order valence-electron chi connectivity index (χ2n) is 4.55. The molecule has 1 saturated carbocycles. The summed E-state index contributed by atoms with van der Waals surface area (Å²) >= 11 is 5.12. The molecule has 88 valence electrons. The average molecular weight is 302 g/mol. The molecule has 2 nitrogen and oxygen atoms in total. The van der Waals surface area contributed by atoms with Gasteiger partial charge in [0.2, 0.25) is 0 Å². The topological polar surface area (TPSA) is 20.3 Å². The number of carbonyl (C=O) groups excluding carboxylic acids is 1. The molecule has 1 aromatic heterocycles. The summed E-state index contributed by atoms with van der Waals surface area (Å²) in [5.41, 5.74) is 1.09. The van der Waals surface area contributed by atoms with Crippen LogP contribution in [0.15, 0.2) is 11.4 Å². The molecule has 0 atom stereocenters. The number of aryl methyl sites for hydroxylation is 1. The van der Waals surface area contributed by atoms with Gasteiger partial charge in [0.15, 0.2) is 0 Å². The molecule has 0 N–H and O–H groups in total. The number of halogens is 1. The van der Waals surface area contributed by atoms with Crippen LogP contribution in [-0.4, -0.2) is 29.2 Å². The van der Waals surface area contributed by atoms with E-state index in [2.05, 4.69) is 15.9 Å². The van der Waals surface area contributed by atoms with Gasteiger partial charge in [0, 0.05) is 18.4 Å². The molecule has 1 amide bonds. The fourth-order valence-electron chi connectivity index (χ4n) is 2.04. The molecule has 1 heterocycles. The van der Waals surface area contributed by atoms with E-state index in [-0.39, 0.29) is 5.91 Å². The first-order valence-electron chi connectivity index (χ1n) is 5.51. The zero-order chi connectivity index (χ0) is 11.7. The van der Waals surface area contributed by atoms with E-state index in [1.165, 1.54) is 24.2 Å². The highest BCUT2D eigenvalue weighted by Crippen LogP contribution is 2.34. The van der Waals surface area contributed by atoms with Crippen LogP contribution in [0.4, 0.5) is 0 Å².